The van der Waals surface area contributed by atoms with Gasteiger partial charge in [0.1, 0.15) is 0 Å². The second-order valence-corrected chi connectivity index (χ2v) is 12.8. The van der Waals surface area contributed by atoms with Crippen LogP contribution in [0.5, 0.6) is 0 Å². The molecule has 0 aromatic heterocycles. The fourth-order valence-electron chi connectivity index (χ4n) is 4.86. The molecule has 18 nitrogen and oxygen atoms in total. The van der Waals surface area contributed by atoms with Gasteiger partial charge in [-0.3, -0.25) is 43.6 Å². The predicted molar refractivity (Wildman–Crippen MR) is 189 cm³/mol. The summed E-state index contributed by atoms with van der Waals surface area (Å²) in [6.07, 6.45) is 4.29. The molecular weight excluding hydrogens is 674 g/mol. The Kier molecular flexibility index (Phi) is 21.3. The number of carbonyl (C=O) groups is 5. The summed E-state index contributed by atoms with van der Waals surface area (Å²) >= 11 is 1.60. The van der Waals surface area contributed by atoms with Crippen LogP contribution in [-0.2, 0) is 36.9 Å². The van der Waals surface area contributed by atoms with Crippen molar-refractivity contribution in [1.82, 2.24) is 29.9 Å². The van der Waals surface area contributed by atoms with Gasteiger partial charge in [-0.15, -0.1) is 11.8 Å². The Labute approximate surface area is 296 Å². The highest BCUT2D eigenvalue weighted by atomic mass is 32.2. The van der Waals surface area contributed by atoms with Crippen molar-refractivity contribution in [2.45, 2.75) is 25.3 Å². The van der Waals surface area contributed by atoms with E-state index in [0.717, 1.165) is 24.5 Å². The van der Waals surface area contributed by atoms with Crippen LogP contribution in [-0.4, -0.2) is 172 Å². The summed E-state index contributed by atoms with van der Waals surface area (Å²) in [6, 6.07) is 7.99. The second-order valence-electron chi connectivity index (χ2n) is 11.8. The summed E-state index contributed by atoms with van der Waals surface area (Å²) in [5, 5.41) is 39.7. The standard InChI is InChI=1S/C29H49N9O7S.C2H4O2/c1-46-25(31)14-22-2-4-23(5-3-22)16-38(32)17-24(30)15-33-26(39)18-34-6-8-35(19-27(40)41)10-12-37(21-29(44)45)13-11-36(9-7-34)20-28(42)43;1-2(3)4/h2-5,17,25H,6-16,18-21,30-32H2,1H3,(H,33,39)(H,40,41)(H,42,43)(H,44,45);1H3,(H,3,4)/b24-17-;. The third-order valence-corrected chi connectivity index (χ3v) is 8.09. The van der Waals surface area contributed by atoms with E-state index in [0.29, 0.717) is 64.6 Å². The van der Waals surface area contributed by atoms with Crippen molar-refractivity contribution in [1.29, 1.82) is 0 Å². The summed E-state index contributed by atoms with van der Waals surface area (Å²) < 4.78 is 0. The molecule has 1 aromatic rings. The highest BCUT2D eigenvalue weighted by Gasteiger charge is 2.21. The number of hydrogen-bond donors (Lipinski definition) is 8. The van der Waals surface area contributed by atoms with Gasteiger partial charge < -0.3 is 42.2 Å². The summed E-state index contributed by atoms with van der Waals surface area (Å²) in [6.45, 7) is 3.31. The SMILES string of the molecule is CC(=O)O.CSC(N)Cc1ccc(CN(N)/C=C(\N)CNC(=O)CN2CCN(CC(=O)O)CCN(CC(=O)O)CCN(CC(=O)O)CC2)cc1. The lowest BCUT2D eigenvalue weighted by molar-refractivity contribution is -0.140. The number of hydrazine groups is 1. The first-order valence-corrected chi connectivity index (χ1v) is 17.2. The number of hydrogen-bond acceptors (Lipinski definition) is 14. The Hall–Kier alpha value is -3.98. The van der Waals surface area contributed by atoms with E-state index in [9.17, 15) is 34.5 Å². The number of nitrogens with two attached hydrogens (primary N) is 3. The van der Waals surface area contributed by atoms with Crippen LogP contribution in [0.3, 0.4) is 0 Å². The molecule has 0 saturated carbocycles. The van der Waals surface area contributed by atoms with Crippen molar-refractivity contribution >= 4 is 41.5 Å². The van der Waals surface area contributed by atoms with Gasteiger partial charge in [-0.2, -0.15) is 0 Å². The van der Waals surface area contributed by atoms with Crippen molar-refractivity contribution in [2.75, 3.05) is 91.3 Å². The molecule has 1 atom stereocenters. The molecule has 11 N–H and O–H groups in total. The molecule has 0 radical (unpaired) electrons. The average molecular weight is 728 g/mol. The van der Waals surface area contributed by atoms with Crippen molar-refractivity contribution in [3.63, 3.8) is 0 Å². The maximum Gasteiger partial charge on any atom is 0.317 e. The number of carbonyl (C=O) groups excluding carboxylic acids is 1. The molecule has 1 saturated heterocycles. The number of nitrogens with one attached hydrogen (secondary N) is 1. The van der Waals surface area contributed by atoms with Crippen molar-refractivity contribution < 1.29 is 44.4 Å². The molecule has 1 aliphatic heterocycles. The maximum absolute atomic E-state index is 12.9. The van der Waals surface area contributed by atoms with Gasteiger partial charge in [0.05, 0.1) is 44.6 Å². The zero-order chi connectivity index (χ0) is 37.6. The highest BCUT2D eigenvalue weighted by Crippen LogP contribution is 2.12. The van der Waals surface area contributed by atoms with E-state index in [1.165, 1.54) is 5.01 Å². The first-order chi connectivity index (χ1) is 23.6. The predicted octanol–water partition coefficient (Wildman–Crippen LogP) is -1.96. The Morgan fingerprint density at radius 2 is 1.14 bits per heavy atom. The van der Waals surface area contributed by atoms with Crippen molar-refractivity contribution in [3.05, 3.63) is 47.3 Å². The molecular formula is C31H53N9O9S. The molecule has 282 valence electrons. The molecule has 1 fully saturated rings. The van der Waals surface area contributed by atoms with Crippen molar-refractivity contribution in [2.24, 2.45) is 17.3 Å². The Morgan fingerprint density at radius 1 is 0.780 bits per heavy atom. The van der Waals surface area contributed by atoms with Gasteiger partial charge in [0, 0.05) is 71.2 Å². The Balaban J connectivity index is 0.00000295. The number of rotatable bonds is 16. The zero-order valence-electron chi connectivity index (χ0n) is 28.8. The van der Waals surface area contributed by atoms with E-state index in [-0.39, 0.29) is 44.0 Å². The van der Waals surface area contributed by atoms with E-state index >= 15 is 0 Å². The molecule has 19 heteroatoms. The van der Waals surface area contributed by atoms with Crippen LogP contribution >= 0.6 is 11.8 Å². The number of carboxylic acid groups (broad SMARTS) is 4. The summed E-state index contributed by atoms with van der Waals surface area (Å²) in [4.78, 5) is 63.1. The molecule has 0 spiro atoms. The van der Waals surface area contributed by atoms with E-state index in [2.05, 4.69) is 5.32 Å². The molecule has 0 aliphatic carbocycles. The van der Waals surface area contributed by atoms with Crippen LogP contribution in [0.1, 0.15) is 18.1 Å². The maximum atomic E-state index is 12.9. The van der Waals surface area contributed by atoms with Gasteiger partial charge in [0.2, 0.25) is 5.91 Å². The molecule has 1 aliphatic rings. The number of amides is 1. The lowest BCUT2D eigenvalue weighted by atomic mass is 10.1. The van der Waals surface area contributed by atoms with Gasteiger partial charge in [-0.05, 0) is 23.8 Å². The molecule has 50 heavy (non-hydrogen) atoms. The molecule has 1 aromatic carbocycles. The van der Waals surface area contributed by atoms with E-state index in [1.54, 1.807) is 32.7 Å². The first kappa shape index (κ1) is 44.0. The topological polar surface area (TPSA) is 273 Å². The van der Waals surface area contributed by atoms with Gasteiger partial charge in [0.15, 0.2) is 0 Å². The minimum Gasteiger partial charge on any atom is -0.481 e. The number of benzene rings is 1. The molecule has 1 heterocycles. The molecule has 1 unspecified atom stereocenters. The van der Waals surface area contributed by atoms with Crippen LogP contribution in [0.15, 0.2) is 36.2 Å². The monoisotopic (exact) mass is 727 g/mol. The number of carboxylic acids is 4. The third-order valence-electron chi connectivity index (χ3n) is 7.32. The fourth-order valence-corrected chi connectivity index (χ4v) is 5.22. The second kappa shape index (κ2) is 24.2. The smallest absolute Gasteiger partial charge is 0.317 e. The zero-order valence-corrected chi connectivity index (χ0v) is 29.6. The van der Waals surface area contributed by atoms with E-state index in [1.807, 2.05) is 35.4 Å². The molecule has 0 bridgehead atoms. The average Bonchev–Trinajstić information content (AvgIpc) is 3.01. The van der Waals surface area contributed by atoms with Crippen LogP contribution < -0.4 is 22.6 Å². The van der Waals surface area contributed by atoms with Crippen LogP contribution in [0.4, 0.5) is 0 Å². The van der Waals surface area contributed by atoms with Crippen LogP contribution in [0.2, 0.25) is 0 Å². The number of nitrogens with zero attached hydrogens (tertiary/aromatic N) is 5. The Morgan fingerprint density at radius 3 is 1.50 bits per heavy atom. The first-order valence-electron chi connectivity index (χ1n) is 15.9. The largest absolute Gasteiger partial charge is 0.481 e. The minimum atomic E-state index is -1.02. The quantitative estimate of drug-likeness (QED) is 0.0521. The van der Waals surface area contributed by atoms with E-state index in [4.69, 9.17) is 27.2 Å². The van der Waals surface area contributed by atoms with Gasteiger partial charge in [0.25, 0.3) is 5.97 Å². The summed E-state index contributed by atoms with van der Waals surface area (Å²) in [5.41, 5.74) is 14.6. The lowest BCUT2D eigenvalue weighted by Gasteiger charge is -2.32. The number of aliphatic carboxylic acids is 4. The van der Waals surface area contributed by atoms with Gasteiger partial charge in [-0.25, -0.2) is 5.84 Å². The van der Waals surface area contributed by atoms with Crippen LogP contribution in [0, 0.1) is 0 Å². The van der Waals surface area contributed by atoms with Gasteiger partial charge in [-0.1, -0.05) is 24.3 Å². The normalized spacial score (nSPS) is 16.5. The summed E-state index contributed by atoms with van der Waals surface area (Å²) in [5.74, 6) is 1.92. The highest BCUT2D eigenvalue weighted by molar-refractivity contribution is 7.99. The molecule has 1 amide bonds. The van der Waals surface area contributed by atoms with Gasteiger partial charge >= 0.3 is 17.9 Å². The summed E-state index contributed by atoms with van der Waals surface area (Å²) in [7, 11) is 0. The van der Waals surface area contributed by atoms with E-state index < -0.39 is 23.9 Å². The third kappa shape index (κ3) is 21.9. The molecule has 2 rings (SSSR count). The minimum absolute atomic E-state index is 0.0148. The fraction of sp³-hybridized carbons (Fsp3) is 0.581. The van der Waals surface area contributed by atoms with Crippen molar-refractivity contribution in [3.8, 4) is 0 Å². The van der Waals surface area contributed by atoms with Crippen LogP contribution in [0.25, 0.3) is 0 Å². The number of thioether (sulfide) groups is 1. The lowest BCUT2D eigenvalue weighted by Crippen LogP contribution is -2.50. The Bertz CT molecular complexity index is 1220.